The first-order valence-corrected chi connectivity index (χ1v) is 7.87. The summed E-state index contributed by atoms with van der Waals surface area (Å²) < 4.78 is 5.77. The van der Waals surface area contributed by atoms with Gasteiger partial charge in [0.1, 0.15) is 5.75 Å². The van der Waals surface area contributed by atoms with Gasteiger partial charge in [-0.05, 0) is 49.4 Å². The van der Waals surface area contributed by atoms with Crippen molar-refractivity contribution in [2.45, 2.75) is 53.5 Å². The molecule has 1 aromatic rings. The van der Waals surface area contributed by atoms with Crippen LogP contribution in [0.2, 0.25) is 5.02 Å². The van der Waals surface area contributed by atoms with Crippen LogP contribution in [0.25, 0.3) is 0 Å². The van der Waals surface area contributed by atoms with E-state index in [2.05, 4.69) is 46.0 Å². The molecule has 0 spiro atoms. The summed E-state index contributed by atoms with van der Waals surface area (Å²) in [5, 5.41) is 4.22. The van der Waals surface area contributed by atoms with E-state index in [1.807, 2.05) is 12.1 Å². The first kappa shape index (κ1) is 17.3. The Morgan fingerprint density at radius 2 is 2.00 bits per heavy atom. The number of hydrogen-bond donors (Lipinski definition) is 1. The van der Waals surface area contributed by atoms with Crippen LogP contribution in [0.4, 0.5) is 0 Å². The third-order valence-electron chi connectivity index (χ3n) is 3.26. The maximum absolute atomic E-state index is 6.35. The maximum atomic E-state index is 6.35. The van der Waals surface area contributed by atoms with Crippen LogP contribution < -0.4 is 10.1 Å². The molecule has 0 aliphatic rings. The molecule has 0 aromatic heterocycles. The van der Waals surface area contributed by atoms with E-state index >= 15 is 0 Å². The summed E-state index contributed by atoms with van der Waals surface area (Å²) >= 11 is 6.35. The number of rotatable bonds is 7. The molecular formula is C17H28ClNO. The van der Waals surface area contributed by atoms with Gasteiger partial charge in [0.25, 0.3) is 0 Å². The predicted octanol–water partition coefficient (Wildman–Crippen LogP) is 5.22. The highest BCUT2D eigenvalue weighted by Gasteiger charge is 2.12. The van der Waals surface area contributed by atoms with Crippen LogP contribution in [0.5, 0.6) is 5.75 Å². The molecule has 0 amide bonds. The van der Waals surface area contributed by atoms with Gasteiger partial charge in [-0.25, -0.2) is 0 Å². The smallest absolute Gasteiger partial charge is 0.120 e. The van der Waals surface area contributed by atoms with Gasteiger partial charge in [0.15, 0.2) is 0 Å². The highest BCUT2D eigenvalue weighted by atomic mass is 35.5. The van der Waals surface area contributed by atoms with E-state index in [1.54, 1.807) is 0 Å². The molecule has 1 N–H and O–H groups in total. The minimum atomic E-state index is 0.270. The van der Waals surface area contributed by atoms with Crippen LogP contribution in [0.3, 0.4) is 0 Å². The standard InChI is InChI=1S/C17H28ClNO/c1-6-10-19-13(2)15-8-7-14(12-16(15)18)20-11-9-17(3,4)5/h7-8,12-13,19H,6,9-11H2,1-5H3. The fraction of sp³-hybridized carbons (Fsp3) is 0.647. The molecule has 114 valence electrons. The fourth-order valence-electron chi connectivity index (χ4n) is 1.89. The van der Waals surface area contributed by atoms with Gasteiger partial charge >= 0.3 is 0 Å². The van der Waals surface area contributed by atoms with Crippen molar-refractivity contribution in [1.29, 1.82) is 0 Å². The van der Waals surface area contributed by atoms with E-state index in [0.29, 0.717) is 5.41 Å². The highest BCUT2D eigenvalue weighted by Crippen LogP contribution is 2.28. The summed E-state index contributed by atoms with van der Waals surface area (Å²) in [7, 11) is 0. The van der Waals surface area contributed by atoms with Gasteiger partial charge in [-0.1, -0.05) is 45.4 Å². The summed E-state index contributed by atoms with van der Waals surface area (Å²) in [6.45, 7) is 12.7. The second-order valence-corrected chi connectivity index (χ2v) is 6.93. The van der Waals surface area contributed by atoms with Crippen LogP contribution in [-0.2, 0) is 0 Å². The lowest BCUT2D eigenvalue weighted by molar-refractivity contribution is 0.243. The van der Waals surface area contributed by atoms with Crippen LogP contribution in [-0.4, -0.2) is 13.2 Å². The summed E-state index contributed by atoms with van der Waals surface area (Å²) in [5.74, 6) is 0.852. The van der Waals surface area contributed by atoms with E-state index in [-0.39, 0.29) is 6.04 Å². The lowest BCUT2D eigenvalue weighted by Gasteiger charge is -2.19. The Labute approximate surface area is 128 Å². The number of halogens is 1. The highest BCUT2D eigenvalue weighted by molar-refractivity contribution is 6.31. The topological polar surface area (TPSA) is 21.3 Å². The number of ether oxygens (including phenoxy) is 1. The summed E-state index contributed by atoms with van der Waals surface area (Å²) in [4.78, 5) is 0. The monoisotopic (exact) mass is 297 g/mol. The predicted molar refractivity (Wildman–Crippen MR) is 87.7 cm³/mol. The second-order valence-electron chi connectivity index (χ2n) is 6.52. The van der Waals surface area contributed by atoms with Crippen molar-refractivity contribution < 1.29 is 4.74 Å². The Morgan fingerprint density at radius 1 is 1.30 bits per heavy atom. The third-order valence-corrected chi connectivity index (χ3v) is 3.59. The molecule has 1 aromatic carbocycles. The van der Waals surface area contributed by atoms with Gasteiger partial charge < -0.3 is 10.1 Å². The van der Waals surface area contributed by atoms with Crippen molar-refractivity contribution in [3.05, 3.63) is 28.8 Å². The molecule has 2 nitrogen and oxygen atoms in total. The molecule has 1 unspecified atom stereocenters. The summed E-state index contributed by atoms with van der Waals surface area (Å²) in [6, 6.07) is 6.26. The Kier molecular flexibility index (Phi) is 6.84. The molecule has 0 bridgehead atoms. The Balaban J connectivity index is 2.59. The van der Waals surface area contributed by atoms with Gasteiger partial charge in [-0.2, -0.15) is 0 Å². The largest absolute Gasteiger partial charge is 0.494 e. The summed E-state index contributed by atoms with van der Waals surface area (Å²) in [5.41, 5.74) is 1.42. The summed E-state index contributed by atoms with van der Waals surface area (Å²) in [6.07, 6.45) is 2.15. The van der Waals surface area contributed by atoms with Crippen molar-refractivity contribution in [3.63, 3.8) is 0 Å². The molecule has 0 heterocycles. The Morgan fingerprint density at radius 3 is 2.55 bits per heavy atom. The second kappa shape index (κ2) is 7.90. The van der Waals surface area contributed by atoms with Crippen LogP contribution in [0, 0.1) is 5.41 Å². The lowest BCUT2D eigenvalue weighted by atomic mass is 9.93. The normalized spacial score (nSPS) is 13.3. The zero-order chi connectivity index (χ0) is 15.2. The average molecular weight is 298 g/mol. The van der Waals surface area contributed by atoms with Crippen molar-refractivity contribution in [2.24, 2.45) is 5.41 Å². The minimum absolute atomic E-state index is 0.270. The molecule has 0 saturated carbocycles. The van der Waals surface area contributed by atoms with Crippen LogP contribution >= 0.6 is 11.6 Å². The first-order valence-electron chi connectivity index (χ1n) is 7.49. The van der Waals surface area contributed by atoms with Crippen molar-refractivity contribution in [2.75, 3.05) is 13.2 Å². The minimum Gasteiger partial charge on any atom is -0.494 e. The Hall–Kier alpha value is -0.730. The molecule has 20 heavy (non-hydrogen) atoms. The van der Waals surface area contributed by atoms with Gasteiger partial charge in [0.2, 0.25) is 0 Å². The van der Waals surface area contributed by atoms with E-state index in [1.165, 1.54) is 0 Å². The number of hydrogen-bond acceptors (Lipinski definition) is 2. The number of nitrogens with one attached hydrogen (secondary N) is 1. The fourth-order valence-corrected chi connectivity index (χ4v) is 2.23. The molecular weight excluding hydrogens is 270 g/mol. The van der Waals surface area contributed by atoms with Crippen molar-refractivity contribution >= 4 is 11.6 Å². The van der Waals surface area contributed by atoms with Gasteiger partial charge in [-0.3, -0.25) is 0 Å². The Bertz CT molecular complexity index is 412. The zero-order valence-electron chi connectivity index (χ0n) is 13.4. The molecule has 0 saturated heterocycles. The molecule has 0 radical (unpaired) electrons. The molecule has 1 atom stereocenters. The molecule has 0 aliphatic heterocycles. The molecule has 0 aliphatic carbocycles. The van der Waals surface area contributed by atoms with Gasteiger partial charge in [0, 0.05) is 11.1 Å². The van der Waals surface area contributed by atoms with Crippen LogP contribution in [0.15, 0.2) is 18.2 Å². The van der Waals surface area contributed by atoms with E-state index in [4.69, 9.17) is 16.3 Å². The quantitative estimate of drug-likeness (QED) is 0.745. The van der Waals surface area contributed by atoms with Crippen molar-refractivity contribution in [1.82, 2.24) is 5.32 Å². The molecule has 0 fully saturated rings. The first-order chi connectivity index (χ1) is 9.33. The number of benzene rings is 1. The van der Waals surface area contributed by atoms with E-state index in [9.17, 15) is 0 Å². The van der Waals surface area contributed by atoms with Gasteiger partial charge in [0.05, 0.1) is 6.61 Å². The molecule has 1 rings (SSSR count). The van der Waals surface area contributed by atoms with Crippen LogP contribution in [0.1, 0.15) is 59.1 Å². The maximum Gasteiger partial charge on any atom is 0.120 e. The lowest BCUT2D eigenvalue weighted by Crippen LogP contribution is -2.19. The third kappa shape index (κ3) is 6.15. The molecule has 3 heteroatoms. The van der Waals surface area contributed by atoms with E-state index < -0.39 is 0 Å². The zero-order valence-corrected chi connectivity index (χ0v) is 14.2. The van der Waals surface area contributed by atoms with Crippen molar-refractivity contribution in [3.8, 4) is 5.75 Å². The average Bonchev–Trinajstić information content (AvgIpc) is 2.34. The van der Waals surface area contributed by atoms with Gasteiger partial charge in [-0.15, -0.1) is 0 Å². The van der Waals surface area contributed by atoms with E-state index in [0.717, 1.165) is 42.3 Å². The SMILES string of the molecule is CCCNC(C)c1ccc(OCCC(C)(C)C)cc1Cl.